The van der Waals surface area contributed by atoms with E-state index in [1.807, 2.05) is 0 Å². The monoisotopic (exact) mass is 99.1 g/mol. The van der Waals surface area contributed by atoms with Gasteiger partial charge in [0.15, 0.2) is 0 Å². The van der Waals surface area contributed by atoms with Gasteiger partial charge in [0.2, 0.25) is 0 Å². The van der Waals surface area contributed by atoms with Gasteiger partial charge >= 0.3 is 0 Å². The van der Waals surface area contributed by atoms with E-state index < -0.39 is 0 Å². The Bertz CT molecular complexity index is 53.2. The van der Waals surface area contributed by atoms with E-state index >= 15 is 0 Å². The summed E-state index contributed by atoms with van der Waals surface area (Å²) in [4.78, 5) is 0. The van der Waals surface area contributed by atoms with E-state index in [1.165, 1.54) is 19.3 Å². The normalized spacial score (nSPS) is 42.0. The molecule has 0 radical (unpaired) electrons. The maximum absolute atomic E-state index is 5.63. The highest BCUT2D eigenvalue weighted by Gasteiger charge is 2.16. The SMILES string of the molecule is C[C@H]1CC[C@H](N)C1. The molecule has 0 aromatic heterocycles. The molecule has 2 atom stereocenters. The lowest BCUT2D eigenvalue weighted by atomic mass is 10.1. The van der Waals surface area contributed by atoms with Crippen molar-refractivity contribution in [1.82, 2.24) is 0 Å². The van der Waals surface area contributed by atoms with Gasteiger partial charge in [-0.15, -0.1) is 0 Å². The minimum absolute atomic E-state index is 0.523. The van der Waals surface area contributed by atoms with Crippen molar-refractivity contribution in [3.05, 3.63) is 0 Å². The van der Waals surface area contributed by atoms with Crippen molar-refractivity contribution in [2.75, 3.05) is 0 Å². The van der Waals surface area contributed by atoms with Crippen molar-refractivity contribution in [3.8, 4) is 0 Å². The molecule has 0 aliphatic heterocycles. The van der Waals surface area contributed by atoms with Crippen LogP contribution in [0.2, 0.25) is 0 Å². The summed E-state index contributed by atoms with van der Waals surface area (Å²) in [6.45, 7) is 2.27. The van der Waals surface area contributed by atoms with E-state index in [2.05, 4.69) is 6.92 Å². The van der Waals surface area contributed by atoms with Crippen molar-refractivity contribution in [2.24, 2.45) is 11.7 Å². The molecule has 1 nitrogen and oxygen atoms in total. The van der Waals surface area contributed by atoms with Gasteiger partial charge in [-0.05, 0) is 25.2 Å². The van der Waals surface area contributed by atoms with Crippen LogP contribution in [0, 0.1) is 5.92 Å². The molecule has 1 rings (SSSR count). The molecular weight excluding hydrogens is 86.1 g/mol. The van der Waals surface area contributed by atoms with Gasteiger partial charge in [-0.3, -0.25) is 0 Å². The van der Waals surface area contributed by atoms with Crippen LogP contribution in [0.15, 0.2) is 0 Å². The van der Waals surface area contributed by atoms with Gasteiger partial charge in [0, 0.05) is 6.04 Å². The van der Waals surface area contributed by atoms with Crippen molar-refractivity contribution in [2.45, 2.75) is 32.2 Å². The summed E-state index contributed by atoms with van der Waals surface area (Å²) in [6, 6.07) is 0.523. The molecule has 0 aromatic rings. The summed E-state index contributed by atoms with van der Waals surface area (Å²) in [7, 11) is 0. The largest absolute Gasteiger partial charge is 0.328 e. The van der Waals surface area contributed by atoms with Gasteiger partial charge in [-0.25, -0.2) is 0 Å². The lowest BCUT2D eigenvalue weighted by Gasteiger charge is -1.97. The Morgan fingerprint density at radius 2 is 2.14 bits per heavy atom. The molecule has 0 saturated heterocycles. The minimum atomic E-state index is 0.523. The molecule has 1 heteroatoms. The second kappa shape index (κ2) is 1.83. The van der Waals surface area contributed by atoms with Gasteiger partial charge in [0.1, 0.15) is 0 Å². The maximum Gasteiger partial charge on any atom is 0.00414 e. The Balaban J connectivity index is 2.26. The first kappa shape index (κ1) is 5.10. The van der Waals surface area contributed by atoms with E-state index in [0.29, 0.717) is 6.04 Å². The van der Waals surface area contributed by atoms with Crippen LogP contribution in [-0.2, 0) is 0 Å². The lowest BCUT2D eigenvalue weighted by Crippen LogP contribution is -2.14. The average molecular weight is 99.2 g/mol. The molecule has 1 aliphatic rings. The maximum atomic E-state index is 5.63. The standard InChI is InChI=1S/C6H13N/c1-5-2-3-6(7)4-5/h5-6H,2-4,7H2,1H3/t5-,6-/m0/s1. The smallest absolute Gasteiger partial charge is 0.00414 e. The molecule has 0 amide bonds. The molecule has 42 valence electrons. The zero-order valence-electron chi connectivity index (χ0n) is 4.85. The highest BCUT2D eigenvalue weighted by molar-refractivity contribution is 4.73. The van der Waals surface area contributed by atoms with Crippen LogP contribution >= 0.6 is 0 Å². The van der Waals surface area contributed by atoms with Gasteiger partial charge < -0.3 is 5.73 Å². The van der Waals surface area contributed by atoms with Gasteiger partial charge in [0.25, 0.3) is 0 Å². The molecule has 2 N–H and O–H groups in total. The van der Waals surface area contributed by atoms with E-state index in [4.69, 9.17) is 5.73 Å². The molecule has 7 heavy (non-hydrogen) atoms. The van der Waals surface area contributed by atoms with Crippen LogP contribution in [0.5, 0.6) is 0 Å². The summed E-state index contributed by atoms with van der Waals surface area (Å²) in [6.07, 6.45) is 3.85. The summed E-state index contributed by atoms with van der Waals surface area (Å²) in [5.74, 6) is 0.898. The zero-order valence-corrected chi connectivity index (χ0v) is 4.85. The van der Waals surface area contributed by atoms with E-state index in [0.717, 1.165) is 5.92 Å². The predicted molar refractivity (Wildman–Crippen MR) is 31.0 cm³/mol. The summed E-state index contributed by atoms with van der Waals surface area (Å²) in [5.41, 5.74) is 5.63. The number of hydrogen-bond acceptors (Lipinski definition) is 1. The van der Waals surface area contributed by atoms with Crippen LogP contribution < -0.4 is 5.73 Å². The number of hydrogen-bond donors (Lipinski definition) is 1. The van der Waals surface area contributed by atoms with E-state index in [1.54, 1.807) is 0 Å². The third-order valence-electron chi connectivity index (χ3n) is 1.74. The Morgan fingerprint density at radius 1 is 1.43 bits per heavy atom. The van der Waals surface area contributed by atoms with E-state index in [-0.39, 0.29) is 0 Å². The third-order valence-corrected chi connectivity index (χ3v) is 1.74. The Kier molecular flexibility index (Phi) is 1.33. The Morgan fingerprint density at radius 3 is 2.29 bits per heavy atom. The number of nitrogens with two attached hydrogens (primary N) is 1. The van der Waals surface area contributed by atoms with Crippen molar-refractivity contribution >= 4 is 0 Å². The second-order valence-electron chi connectivity index (χ2n) is 2.68. The molecule has 1 fully saturated rings. The average Bonchev–Trinajstić information content (AvgIpc) is 1.87. The van der Waals surface area contributed by atoms with Crippen LogP contribution in [0.1, 0.15) is 26.2 Å². The summed E-state index contributed by atoms with van der Waals surface area (Å²) < 4.78 is 0. The van der Waals surface area contributed by atoms with Crippen LogP contribution in [0.25, 0.3) is 0 Å². The van der Waals surface area contributed by atoms with Gasteiger partial charge in [-0.1, -0.05) is 6.92 Å². The van der Waals surface area contributed by atoms with E-state index in [9.17, 15) is 0 Å². The molecular formula is C6H13N. The quantitative estimate of drug-likeness (QED) is 0.484. The molecule has 0 heterocycles. The first-order chi connectivity index (χ1) is 3.29. The fraction of sp³-hybridized carbons (Fsp3) is 1.00. The summed E-state index contributed by atoms with van der Waals surface area (Å²) >= 11 is 0. The van der Waals surface area contributed by atoms with Crippen LogP contribution in [-0.4, -0.2) is 6.04 Å². The van der Waals surface area contributed by atoms with Crippen molar-refractivity contribution < 1.29 is 0 Å². The van der Waals surface area contributed by atoms with Crippen molar-refractivity contribution in [3.63, 3.8) is 0 Å². The predicted octanol–water partition coefficient (Wildman–Crippen LogP) is 1.13. The fourth-order valence-electron chi connectivity index (χ4n) is 1.25. The summed E-state index contributed by atoms with van der Waals surface area (Å²) in [5, 5.41) is 0. The van der Waals surface area contributed by atoms with Crippen molar-refractivity contribution in [1.29, 1.82) is 0 Å². The molecule has 0 aromatic carbocycles. The minimum Gasteiger partial charge on any atom is -0.328 e. The first-order valence-corrected chi connectivity index (χ1v) is 3.04. The molecule has 0 bridgehead atoms. The van der Waals surface area contributed by atoms with Gasteiger partial charge in [-0.2, -0.15) is 0 Å². The second-order valence-corrected chi connectivity index (χ2v) is 2.68. The van der Waals surface area contributed by atoms with Gasteiger partial charge in [0.05, 0.1) is 0 Å². The molecule has 1 saturated carbocycles. The lowest BCUT2D eigenvalue weighted by molar-refractivity contribution is 0.594. The molecule has 0 unspecified atom stereocenters. The van der Waals surface area contributed by atoms with Crippen LogP contribution in [0.4, 0.5) is 0 Å². The molecule has 0 spiro atoms. The Labute approximate surface area is 44.9 Å². The Hall–Kier alpha value is -0.0400. The number of rotatable bonds is 0. The highest BCUT2D eigenvalue weighted by atomic mass is 14.6. The fourth-order valence-corrected chi connectivity index (χ4v) is 1.25. The topological polar surface area (TPSA) is 26.0 Å². The first-order valence-electron chi connectivity index (χ1n) is 3.04. The highest BCUT2D eigenvalue weighted by Crippen LogP contribution is 2.22. The molecule has 1 aliphatic carbocycles. The third kappa shape index (κ3) is 1.16. The zero-order chi connectivity index (χ0) is 5.28. The van der Waals surface area contributed by atoms with Crippen LogP contribution in [0.3, 0.4) is 0 Å².